The zero-order valence-corrected chi connectivity index (χ0v) is 11.6. The maximum Gasteiger partial charge on any atom is 0.0841 e. The Hall–Kier alpha value is -1.35. The number of para-hydroxylation sites is 1. The number of rotatable bonds is 6. The van der Waals surface area contributed by atoms with Crippen molar-refractivity contribution in [3.05, 3.63) is 30.0 Å². The molecule has 0 unspecified atom stereocenters. The minimum Gasteiger partial charge on any atom is -0.311 e. The van der Waals surface area contributed by atoms with Gasteiger partial charge in [0.1, 0.15) is 0 Å². The van der Waals surface area contributed by atoms with Crippen molar-refractivity contribution < 1.29 is 0 Å². The number of nitrogens with one attached hydrogen (secondary N) is 1. The van der Waals surface area contributed by atoms with Gasteiger partial charge in [0.25, 0.3) is 0 Å². The van der Waals surface area contributed by atoms with E-state index in [9.17, 15) is 0 Å². The van der Waals surface area contributed by atoms with Crippen molar-refractivity contribution in [1.82, 2.24) is 15.1 Å². The molecule has 2 rings (SSSR count). The van der Waals surface area contributed by atoms with Crippen LogP contribution in [0.2, 0.25) is 0 Å². The highest BCUT2D eigenvalue weighted by molar-refractivity contribution is 5.81. The van der Waals surface area contributed by atoms with Gasteiger partial charge in [-0.2, -0.15) is 5.10 Å². The van der Waals surface area contributed by atoms with Crippen LogP contribution in [0.1, 0.15) is 32.9 Å². The lowest BCUT2D eigenvalue weighted by atomic mass is 10.2. The molecule has 0 amide bonds. The van der Waals surface area contributed by atoms with Crippen LogP contribution < -0.4 is 5.32 Å². The van der Waals surface area contributed by atoms with Gasteiger partial charge in [0, 0.05) is 18.5 Å². The molecule has 0 bridgehead atoms. The summed E-state index contributed by atoms with van der Waals surface area (Å²) in [6.07, 6.45) is 1.12. The maximum absolute atomic E-state index is 4.73. The number of benzene rings is 1. The Bertz CT molecular complexity index is 499. The molecule has 0 saturated heterocycles. The van der Waals surface area contributed by atoms with Crippen molar-refractivity contribution in [3.63, 3.8) is 0 Å². The fourth-order valence-corrected chi connectivity index (χ4v) is 2.19. The molecule has 0 aliphatic rings. The minimum absolute atomic E-state index is 0.675. The third kappa shape index (κ3) is 2.91. The van der Waals surface area contributed by atoms with Crippen molar-refractivity contribution in [2.24, 2.45) is 5.92 Å². The molecular weight excluding hydrogens is 222 g/mol. The lowest BCUT2D eigenvalue weighted by molar-refractivity contribution is 0.540. The second kappa shape index (κ2) is 6.01. The van der Waals surface area contributed by atoms with Gasteiger partial charge < -0.3 is 5.32 Å². The SMILES string of the molecule is CCCn1nc(CNCC(C)C)c2ccccc21. The number of fused-ring (bicyclic) bond motifs is 1. The topological polar surface area (TPSA) is 29.9 Å². The van der Waals surface area contributed by atoms with E-state index < -0.39 is 0 Å². The molecule has 0 aliphatic heterocycles. The van der Waals surface area contributed by atoms with E-state index in [-0.39, 0.29) is 0 Å². The van der Waals surface area contributed by atoms with Gasteiger partial charge in [-0.25, -0.2) is 0 Å². The molecule has 1 aromatic carbocycles. The zero-order valence-electron chi connectivity index (χ0n) is 11.6. The molecule has 0 saturated carbocycles. The quantitative estimate of drug-likeness (QED) is 0.847. The number of hydrogen-bond donors (Lipinski definition) is 1. The molecule has 3 nitrogen and oxygen atoms in total. The van der Waals surface area contributed by atoms with Crippen LogP contribution in [-0.2, 0) is 13.1 Å². The van der Waals surface area contributed by atoms with E-state index in [0.717, 1.165) is 26.1 Å². The summed E-state index contributed by atoms with van der Waals surface area (Å²) in [5, 5.41) is 9.48. The van der Waals surface area contributed by atoms with Crippen LogP contribution in [0, 0.1) is 5.92 Å². The average Bonchev–Trinajstić information content (AvgIpc) is 2.69. The highest BCUT2D eigenvalue weighted by atomic mass is 15.3. The molecule has 1 aromatic heterocycles. The summed E-state index contributed by atoms with van der Waals surface area (Å²) in [6.45, 7) is 9.52. The first-order chi connectivity index (χ1) is 8.72. The second-order valence-corrected chi connectivity index (χ2v) is 5.21. The minimum atomic E-state index is 0.675. The number of aromatic nitrogens is 2. The van der Waals surface area contributed by atoms with Crippen molar-refractivity contribution in [1.29, 1.82) is 0 Å². The lowest BCUT2D eigenvalue weighted by Gasteiger charge is -2.05. The van der Waals surface area contributed by atoms with Gasteiger partial charge in [-0.3, -0.25) is 4.68 Å². The summed E-state index contributed by atoms with van der Waals surface area (Å²) in [5.74, 6) is 0.675. The highest BCUT2D eigenvalue weighted by Gasteiger charge is 2.08. The molecule has 1 N–H and O–H groups in total. The van der Waals surface area contributed by atoms with Crippen molar-refractivity contribution in [3.8, 4) is 0 Å². The molecule has 18 heavy (non-hydrogen) atoms. The molecule has 3 heteroatoms. The normalized spacial score (nSPS) is 11.6. The largest absolute Gasteiger partial charge is 0.311 e. The predicted molar refractivity (Wildman–Crippen MR) is 76.6 cm³/mol. The third-order valence-electron chi connectivity index (χ3n) is 3.01. The lowest BCUT2D eigenvalue weighted by Crippen LogP contribution is -2.19. The summed E-state index contributed by atoms with van der Waals surface area (Å²) in [5.41, 5.74) is 2.42. The van der Waals surface area contributed by atoms with E-state index in [0.29, 0.717) is 5.92 Å². The predicted octanol–water partition coefficient (Wildman–Crippen LogP) is 3.19. The fourth-order valence-electron chi connectivity index (χ4n) is 2.19. The first kappa shape index (κ1) is 13.1. The molecule has 0 fully saturated rings. The molecule has 0 radical (unpaired) electrons. The van der Waals surface area contributed by atoms with Crippen molar-refractivity contribution >= 4 is 10.9 Å². The van der Waals surface area contributed by atoms with Gasteiger partial charge in [0.05, 0.1) is 11.2 Å². The number of nitrogens with zero attached hydrogens (tertiary/aromatic N) is 2. The van der Waals surface area contributed by atoms with Gasteiger partial charge in [-0.15, -0.1) is 0 Å². The Kier molecular flexibility index (Phi) is 4.37. The van der Waals surface area contributed by atoms with Crippen LogP contribution in [0.25, 0.3) is 10.9 Å². The van der Waals surface area contributed by atoms with Crippen LogP contribution in [0.3, 0.4) is 0 Å². The smallest absolute Gasteiger partial charge is 0.0841 e. The Morgan fingerprint density at radius 3 is 2.78 bits per heavy atom. The molecule has 1 heterocycles. The van der Waals surface area contributed by atoms with E-state index in [1.807, 2.05) is 0 Å². The molecule has 98 valence electrons. The third-order valence-corrected chi connectivity index (χ3v) is 3.01. The summed E-state index contributed by atoms with van der Waals surface area (Å²) in [7, 11) is 0. The Balaban J connectivity index is 2.21. The van der Waals surface area contributed by atoms with E-state index in [2.05, 4.69) is 55.0 Å². The van der Waals surface area contributed by atoms with Crippen LogP contribution in [-0.4, -0.2) is 16.3 Å². The molecular formula is C15H23N3. The van der Waals surface area contributed by atoms with Gasteiger partial charge in [-0.05, 0) is 24.9 Å². The summed E-state index contributed by atoms with van der Waals surface area (Å²) >= 11 is 0. The van der Waals surface area contributed by atoms with Gasteiger partial charge in [-0.1, -0.05) is 39.0 Å². The van der Waals surface area contributed by atoms with E-state index in [4.69, 9.17) is 5.10 Å². The first-order valence-corrected chi connectivity index (χ1v) is 6.87. The van der Waals surface area contributed by atoms with Gasteiger partial charge >= 0.3 is 0 Å². The molecule has 0 spiro atoms. The molecule has 2 aromatic rings. The molecule has 0 atom stereocenters. The van der Waals surface area contributed by atoms with E-state index in [1.165, 1.54) is 16.6 Å². The monoisotopic (exact) mass is 245 g/mol. The highest BCUT2D eigenvalue weighted by Crippen LogP contribution is 2.18. The summed E-state index contributed by atoms with van der Waals surface area (Å²) in [4.78, 5) is 0. The average molecular weight is 245 g/mol. The van der Waals surface area contributed by atoms with Crippen LogP contribution in [0.15, 0.2) is 24.3 Å². The molecule has 0 aliphatic carbocycles. The van der Waals surface area contributed by atoms with Gasteiger partial charge in [0.15, 0.2) is 0 Å². The van der Waals surface area contributed by atoms with Crippen molar-refractivity contribution in [2.45, 2.75) is 40.3 Å². The number of hydrogen-bond acceptors (Lipinski definition) is 2. The summed E-state index contributed by atoms with van der Waals surface area (Å²) < 4.78 is 2.13. The number of aryl methyl sites for hydroxylation is 1. The van der Waals surface area contributed by atoms with E-state index in [1.54, 1.807) is 0 Å². The Morgan fingerprint density at radius 1 is 1.28 bits per heavy atom. The first-order valence-electron chi connectivity index (χ1n) is 6.87. The zero-order chi connectivity index (χ0) is 13.0. The van der Waals surface area contributed by atoms with Crippen LogP contribution >= 0.6 is 0 Å². The second-order valence-electron chi connectivity index (χ2n) is 5.21. The van der Waals surface area contributed by atoms with E-state index >= 15 is 0 Å². The van der Waals surface area contributed by atoms with Crippen LogP contribution in [0.4, 0.5) is 0 Å². The Labute approximate surface area is 109 Å². The standard InChI is InChI=1S/C15H23N3/c1-4-9-18-15-8-6-5-7-13(15)14(17-18)11-16-10-12(2)3/h5-8,12,16H,4,9-11H2,1-3H3. The van der Waals surface area contributed by atoms with Crippen LogP contribution in [0.5, 0.6) is 0 Å². The maximum atomic E-state index is 4.73. The van der Waals surface area contributed by atoms with Crippen molar-refractivity contribution in [2.75, 3.05) is 6.54 Å². The van der Waals surface area contributed by atoms with Gasteiger partial charge in [0.2, 0.25) is 0 Å². The Morgan fingerprint density at radius 2 is 2.06 bits per heavy atom. The fraction of sp³-hybridized carbons (Fsp3) is 0.533. The summed E-state index contributed by atoms with van der Waals surface area (Å²) in [6, 6.07) is 8.50.